The van der Waals surface area contributed by atoms with Crippen LogP contribution < -0.4 is 5.56 Å². The molecule has 0 N–H and O–H groups in total. The van der Waals surface area contributed by atoms with E-state index < -0.39 is 0 Å². The van der Waals surface area contributed by atoms with Gasteiger partial charge in [-0.3, -0.25) is 4.79 Å². The van der Waals surface area contributed by atoms with Crippen molar-refractivity contribution >= 4 is 11.2 Å². The van der Waals surface area contributed by atoms with E-state index in [0.29, 0.717) is 5.52 Å². The van der Waals surface area contributed by atoms with Crippen LogP contribution in [0.2, 0.25) is 0 Å². The third-order valence-corrected chi connectivity index (χ3v) is 2.04. The first-order valence-corrected chi connectivity index (χ1v) is 4.10. The molecule has 0 aliphatic rings. The Bertz CT molecular complexity index is 496. The van der Waals surface area contributed by atoms with Gasteiger partial charge in [0, 0.05) is 13.6 Å². The molecule has 68 valence electrons. The molecule has 0 fully saturated rings. The highest BCUT2D eigenvalue weighted by atomic mass is 16.1. The average molecular weight is 178 g/mol. The van der Waals surface area contributed by atoms with Gasteiger partial charge in [-0.15, -0.1) is 0 Å². The van der Waals surface area contributed by atoms with Gasteiger partial charge < -0.3 is 9.13 Å². The zero-order chi connectivity index (χ0) is 9.42. The Kier molecular flexibility index (Phi) is 1.65. The van der Waals surface area contributed by atoms with E-state index >= 15 is 0 Å². The van der Waals surface area contributed by atoms with Crippen LogP contribution in [0.1, 0.15) is 6.92 Å². The van der Waals surface area contributed by atoms with Crippen molar-refractivity contribution < 1.29 is 0 Å². The van der Waals surface area contributed by atoms with Crippen molar-refractivity contribution in [1.82, 2.24) is 19.1 Å². The first kappa shape index (κ1) is 7.97. The molecule has 0 aliphatic carbocycles. The summed E-state index contributed by atoms with van der Waals surface area (Å²) in [4.78, 5) is 19.0. The number of hydrogen-bond donors (Lipinski definition) is 0. The third-order valence-electron chi connectivity index (χ3n) is 2.04. The van der Waals surface area contributed by atoms with Crippen LogP contribution in [0.15, 0.2) is 17.4 Å². The maximum absolute atomic E-state index is 11.3. The molecule has 2 heterocycles. The minimum atomic E-state index is -0.264. The number of hydrogen-bond acceptors (Lipinski definition) is 3. The second kappa shape index (κ2) is 2.69. The third kappa shape index (κ3) is 1.04. The first-order valence-electron chi connectivity index (χ1n) is 4.10. The van der Waals surface area contributed by atoms with Crippen molar-refractivity contribution in [3.63, 3.8) is 0 Å². The molecule has 2 rings (SSSR count). The first-order chi connectivity index (χ1) is 6.24. The molecular weight excluding hydrogens is 168 g/mol. The minimum Gasteiger partial charge on any atom is -0.320 e. The van der Waals surface area contributed by atoms with E-state index in [1.807, 2.05) is 18.5 Å². The summed E-state index contributed by atoms with van der Waals surface area (Å²) in [5.41, 5.74) is 0.995. The summed E-state index contributed by atoms with van der Waals surface area (Å²) in [6, 6.07) is 0. The molecule has 0 unspecified atom stereocenters. The summed E-state index contributed by atoms with van der Waals surface area (Å²) in [6.45, 7) is 2.81. The average Bonchev–Trinajstić information content (AvgIpc) is 2.56. The molecule has 0 bridgehead atoms. The Morgan fingerprint density at radius 2 is 2.15 bits per heavy atom. The zero-order valence-corrected chi connectivity index (χ0v) is 7.56. The van der Waals surface area contributed by atoms with Crippen molar-refractivity contribution in [3.05, 3.63) is 23.0 Å². The lowest BCUT2D eigenvalue weighted by Gasteiger charge is -2.02. The number of imidazole rings is 1. The topological polar surface area (TPSA) is 52.7 Å². The second-order valence-electron chi connectivity index (χ2n) is 2.86. The zero-order valence-electron chi connectivity index (χ0n) is 7.56. The fraction of sp³-hybridized carbons (Fsp3) is 0.375. The maximum atomic E-state index is 11.3. The lowest BCUT2D eigenvalue weighted by molar-refractivity contribution is 0.745. The van der Waals surface area contributed by atoms with Crippen LogP contribution in [0.5, 0.6) is 0 Å². The Labute approximate surface area is 74.7 Å². The molecule has 0 radical (unpaired) electrons. The van der Waals surface area contributed by atoms with E-state index in [9.17, 15) is 4.79 Å². The van der Waals surface area contributed by atoms with Gasteiger partial charge in [-0.25, -0.2) is 4.98 Å². The lowest BCUT2D eigenvalue weighted by atomic mass is 10.5. The summed E-state index contributed by atoms with van der Waals surface area (Å²) in [5.74, 6) is 0. The number of nitrogens with zero attached hydrogens (tertiary/aromatic N) is 4. The van der Waals surface area contributed by atoms with Crippen molar-refractivity contribution in [1.29, 1.82) is 0 Å². The molecule has 13 heavy (non-hydrogen) atoms. The Morgan fingerprint density at radius 3 is 2.85 bits per heavy atom. The highest BCUT2D eigenvalue weighted by Crippen LogP contribution is 2.05. The van der Waals surface area contributed by atoms with Gasteiger partial charge in [-0.1, -0.05) is 0 Å². The van der Waals surface area contributed by atoms with Crippen LogP contribution >= 0.6 is 0 Å². The Balaban J connectivity index is 2.95. The summed E-state index contributed by atoms with van der Waals surface area (Å²) in [6.07, 6.45) is 3.17. The predicted molar refractivity (Wildman–Crippen MR) is 48.4 cm³/mol. The monoisotopic (exact) mass is 178 g/mol. The van der Waals surface area contributed by atoms with Crippen molar-refractivity contribution in [2.24, 2.45) is 7.05 Å². The molecule has 0 atom stereocenters. The highest BCUT2D eigenvalue weighted by molar-refractivity contribution is 5.69. The molecule has 2 aromatic rings. The second-order valence-corrected chi connectivity index (χ2v) is 2.86. The smallest absolute Gasteiger partial charge is 0.300 e. The van der Waals surface area contributed by atoms with Crippen molar-refractivity contribution in [3.8, 4) is 0 Å². The molecule has 0 amide bonds. The van der Waals surface area contributed by atoms with Crippen molar-refractivity contribution in [2.75, 3.05) is 0 Å². The van der Waals surface area contributed by atoms with Crippen LogP contribution in [-0.2, 0) is 13.6 Å². The quantitative estimate of drug-likeness (QED) is 0.624. The summed E-state index contributed by atoms with van der Waals surface area (Å²) in [7, 11) is 1.85. The Morgan fingerprint density at radius 1 is 1.38 bits per heavy atom. The number of fused-ring (bicyclic) bond motifs is 1. The Hall–Kier alpha value is -1.65. The van der Waals surface area contributed by atoms with Crippen LogP contribution in [0.4, 0.5) is 0 Å². The van der Waals surface area contributed by atoms with Gasteiger partial charge in [0.05, 0.1) is 6.33 Å². The molecule has 5 nitrogen and oxygen atoms in total. The fourth-order valence-electron chi connectivity index (χ4n) is 1.38. The molecule has 0 saturated carbocycles. The number of aromatic nitrogens is 4. The predicted octanol–water partition coefficient (Wildman–Crippen LogP) is 0.150. The van der Waals surface area contributed by atoms with Crippen molar-refractivity contribution in [2.45, 2.75) is 13.5 Å². The summed E-state index contributed by atoms with van der Waals surface area (Å²) >= 11 is 0. The van der Waals surface area contributed by atoms with Gasteiger partial charge in [0.2, 0.25) is 0 Å². The SMILES string of the molecule is CCn1cnc2c(=O)ncn(C)c21. The molecular formula is C8H10N4O. The van der Waals surface area contributed by atoms with Gasteiger partial charge in [0.1, 0.15) is 12.0 Å². The van der Waals surface area contributed by atoms with E-state index in [2.05, 4.69) is 9.97 Å². The molecule has 5 heteroatoms. The van der Waals surface area contributed by atoms with E-state index in [1.54, 1.807) is 10.9 Å². The minimum absolute atomic E-state index is 0.264. The summed E-state index contributed by atoms with van der Waals surface area (Å²) in [5, 5.41) is 0. The summed E-state index contributed by atoms with van der Waals surface area (Å²) < 4.78 is 3.71. The van der Waals surface area contributed by atoms with Crippen LogP contribution in [0.3, 0.4) is 0 Å². The van der Waals surface area contributed by atoms with Crippen LogP contribution in [-0.4, -0.2) is 19.1 Å². The van der Waals surface area contributed by atoms with E-state index in [4.69, 9.17) is 0 Å². The van der Waals surface area contributed by atoms with Crippen LogP contribution in [0, 0.1) is 0 Å². The molecule has 0 saturated heterocycles. The fourth-order valence-corrected chi connectivity index (χ4v) is 1.38. The molecule has 0 aliphatic heterocycles. The van der Waals surface area contributed by atoms with Gasteiger partial charge in [-0.2, -0.15) is 4.98 Å². The molecule has 0 aromatic carbocycles. The van der Waals surface area contributed by atoms with Gasteiger partial charge in [0.15, 0.2) is 5.52 Å². The van der Waals surface area contributed by atoms with E-state index in [-0.39, 0.29) is 5.56 Å². The van der Waals surface area contributed by atoms with Gasteiger partial charge in [0.25, 0.3) is 0 Å². The molecule has 2 aromatic heterocycles. The van der Waals surface area contributed by atoms with Gasteiger partial charge >= 0.3 is 5.56 Å². The standard InChI is InChI=1S/C8H10N4O/c1-3-12-5-9-6-7(13)10-4-11(2)8(6)12/h4-5H,3H2,1-2H3. The van der Waals surface area contributed by atoms with Crippen LogP contribution in [0.25, 0.3) is 11.2 Å². The lowest BCUT2D eigenvalue weighted by Crippen LogP contribution is -2.11. The molecule has 0 spiro atoms. The number of aryl methyl sites for hydroxylation is 2. The number of rotatable bonds is 1. The normalized spacial score (nSPS) is 10.9. The highest BCUT2D eigenvalue weighted by Gasteiger charge is 2.06. The van der Waals surface area contributed by atoms with E-state index in [1.165, 1.54) is 6.33 Å². The largest absolute Gasteiger partial charge is 0.320 e. The van der Waals surface area contributed by atoms with Gasteiger partial charge in [-0.05, 0) is 6.92 Å². The van der Waals surface area contributed by atoms with E-state index in [0.717, 1.165) is 12.2 Å². The maximum Gasteiger partial charge on any atom is 0.300 e.